The van der Waals surface area contributed by atoms with Gasteiger partial charge in [-0.05, 0) is 69.1 Å². The van der Waals surface area contributed by atoms with Crippen LogP contribution < -0.4 is 5.32 Å². The predicted molar refractivity (Wildman–Crippen MR) is 112 cm³/mol. The van der Waals surface area contributed by atoms with Gasteiger partial charge in [0.05, 0.1) is 13.2 Å². The smallest absolute Gasteiger partial charge is 0.409 e. The molecular formula is C20H31N3O3S. The van der Waals surface area contributed by atoms with Gasteiger partial charge in [-0.1, -0.05) is 6.07 Å². The molecule has 1 heterocycles. The number of aryl methyl sites for hydroxylation is 2. The van der Waals surface area contributed by atoms with Gasteiger partial charge in [0.25, 0.3) is 0 Å². The number of hydrogen-bond acceptors (Lipinski definition) is 4. The minimum Gasteiger partial charge on any atom is -0.450 e. The molecule has 150 valence electrons. The average Bonchev–Trinajstić information content (AvgIpc) is 2.62. The minimum atomic E-state index is -0.227. The number of carbonyl (C=O) groups is 1. The summed E-state index contributed by atoms with van der Waals surface area (Å²) in [5, 5.41) is 4.08. The fraction of sp³-hybridized carbons (Fsp3) is 0.600. The van der Waals surface area contributed by atoms with Gasteiger partial charge in [-0.15, -0.1) is 0 Å². The van der Waals surface area contributed by atoms with Crippen LogP contribution >= 0.6 is 12.2 Å². The summed E-state index contributed by atoms with van der Waals surface area (Å²) in [7, 11) is 1.70. The number of carbonyl (C=O) groups excluding carboxylic acids is 1. The van der Waals surface area contributed by atoms with E-state index in [0.717, 1.165) is 25.1 Å². The van der Waals surface area contributed by atoms with Crippen molar-refractivity contribution in [1.29, 1.82) is 0 Å². The number of benzene rings is 1. The highest BCUT2D eigenvalue weighted by Crippen LogP contribution is 2.20. The lowest BCUT2D eigenvalue weighted by molar-refractivity contribution is 0.0829. The first-order chi connectivity index (χ1) is 12.9. The van der Waals surface area contributed by atoms with Crippen LogP contribution in [-0.2, 0) is 9.47 Å². The van der Waals surface area contributed by atoms with E-state index in [1.54, 1.807) is 12.0 Å². The third-order valence-corrected chi connectivity index (χ3v) is 5.04. The van der Waals surface area contributed by atoms with Crippen molar-refractivity contribution in [1.82, 2.24) is 9.80 Å². The standard InChI is InChI=1S/C20H31N3O3S/c1-5-26-20(24)22-8-6-18(7-9-22)23(10-11-25-4)19(27)21-17-13-15(2)12-16(3)14-17/h12-14,18H,5-11H2,1-4H3,(H,21,27). The molecule has 1 aromatic carbocycles. The van der Waals surface area contributed by atoms with Crippen LogP contribution in [0.5, 0.6) is 0 Å². The Morgan fingerprint density at radius 3 is 2.44 bits per heavy atom. The Kier molecular flexibility index (Phi) is 8.31. The van der Waals surface area contributed by atoms with E-state index in [9.17, 15) is 4.79 Å². The Labute approximate surface area is 167 Å². The number of anilines is 1. The summed E-state index contributed by atoms with van der Waals surface area (Å²) >= 11 is 5.71. The zero-order valence-electron chi connectivity index (χ0n) is 16.8. The lowest BCUT2D eigenvalue weighted by atomic mass is 10.0. The summed E-state index contributed by atoms with van der Waals surface area (Å²) in [6.45, 7) is 9.07. The highest BCUT2D eigenvalue weighted by Gasteiger charge is 2.28. The van der Waals surface area contributed by atoms with Crippen molar-refractivity contribution in [2.75, 3.05) is 45.3 Å². The molecule has 27 heavy (non-hydrogen) atoms. The first-order valence-electron chi connectivity index (χ1n) is 9.51. The van der Waals surface area contributed by atoms with Gasteiger partial charge in [0.2, 0.25) is 0 Å². The number of amides is 1. The summed E-state index contributed by atoms with van der Waals surface area (Å²) in [6.07, 6.45) is 1.49. The van der Waals surface area contributed by atoms with Crippen LogP contribution in [-0.4, -0.2) is 67.0 Å². The highest BCUT2D eigenvalue weighted by atomic mass is 32.1. The van der Waals surface area contributed by atoms with Crippen LogP contribution in [0.2, 0.25) is 0 Å². The normalized spacial score (nSPS) is 14.7. The molecule has 7 heteroatoms. The predicted octanol–water partition coefficient (Wildman–Crippen LogP) is 3.57. The molecule has 0 bridgehead atoms. The molecule has 1 N–H and O–H groups in total. The summed E-state index contributed by atoms with van der Waals surface area (Å²) in [6, 6.07) is 6.60. The number of nitrogens with one attached hydrogen (secondary N) is 1. The Morgan fingerprint density at radius 1 is 1.26 bits per heavy atom. The minimum absolute atomic E-state index is 0.227. The number of thiocarbonyl (C=S) groups is 1. The maximum Gasteiger partial charge on any atom is 0.409 e. The molecule has 0 aliphatic carbocycles. The first-order valence-corrected chi connectivity index (χ1v) is 9.92. The van der Waals surface area contributed by atoms with Crippen molar-refractivity contribution in [2.45, 2.75) is 39.7 Å². The van der Waals surface area contributed by atoms with Gasteiger partial charge in [0.1, 0.15) is 0 Å². The van der Waals surface area contributed by atoms with E-state index in [-0.39, 0.29) is 12.1 Å². The third kappa shape index (κ3) is 6.36. The van der Waals surface area contributed by atoms with Gasteiger partial charge in [0, 0.05) is 38.5 Å². The van der Waals surface area contributed by atoms with E-state index in [0.29, 0.717) is 31.4 Å². The number of ether oxygens (including phenoxy) is 2. The van der Waals surface area contributed by atoms with Gasteiger partial charge < -0.3 is 24.6 Å². The monoisotopic (exact) mass is 393 g/mol. The van der Waals surface area contributed by atoms with Crippen molar-refractivity contribution < 1.29 is 14.3 Å². The van der Waals surface area contributed by atoms with E-state index in [4.69, 9.17) is 21.7 Å². The lowest BCUT2D eigenvalue weighted by Crippen LogP contribution is -2.50. The Balaban J connectivity index is 2.02. The molecular weight excluding hydrogens is 362 g/mol. The molecule has 2 rings (SSSR count). The Hall–Kier alpha value is -1.86. The molecule has 0 saturated carbocycles. The average molecular weight is 394 g/mol. The number of likely N-dealkylation sites (tertiary alicyclic amines) is 1. The third-order valence-electron chi connectivity index (χ3n) is 4.70. The van der Waals surface area contributed by atoms with E-state index in [2.05, 4.69) is 42.3 Å². The van der Waals surface area contributed by atoms with Crippen molar-refractivity contribution >= 4 is 29.1 Å². The maximum atomic E-state index is 11.9. The van der Waals surface area contributed by atoms with Crippen LogP contribution in [0.4, 0.5) is 10.5 Å². The molecule has 1 aliphatic heterocycles. The molecule has 1 saturated heterocycles. The van der Waals surface area contributed by atoms with Gasteiger partial charge in [0.15, 0.2) is 5.11 Å². The van der Waals surface area contributed by atoms with Crippen molar-refractivity contribution in [3.63, 3.8) is 0 Å². The summed E-state index contributed by atoms with van der Waals surface area (Å²) in [5.74, 6) is 0. The second kappa shape index (κ2) is 10.5. The molecule has 1 aliphatic rings. The van der Waals surface area contributed by atoms with Crippen molar-refractivity contribution in [3.8, 4) is 0 Å². The SMILES string of the molecule is CCOC(=O)N1CCC(N(CCOC)C(=S)Nc2cc(C)cc(C)c2)CC1. The van der Waals surface area contributed by atoms with Crippen LogP contribution in [0.25, 0.3) is 0 Å². The van der Waals surface area contributed by atoms with E-state index >= 15 is 0 Å². The summed E-state index contributed by atoms with van der Waals surface area (Å²) in [5.41, 5.74) is 3.40. The van der Waals surface area contributed by atoms with Crippen LogP contribution in [0.3, 0.4) is 0 Å². The topological polar surface area (TPSA) is 54.0 Å². The number of methoxy groups -OCH3 is 1. The van der Waals surface area contributed by atoms with E-state index in [1.165, 1.54) is 11.1 Å². The highest BCUT2D eigenvalue weighted by molar-refractivity contribution is 7.80. The number of rotatable bonds is 6. The largest absolute Gasteiger partial charge is 0.450 e. The molecule has 1 amide bonds. The second-order valence-electron chi connectivity index (χ2n) is 6.91. The van der Waals surface area contributed by atoms with Gasteiger partial charge >= 0.3 is 6.09 Å². The van der Waals surface area contributed by atoms with Gasteiger partial charge in [-0.25, -0.2) is 4.79 Å². The van der Waals surface area contributed by atoms with Crippen LogP contribution in [0.15, 0.2) is 18.2 Å². The quantitative estimate of drug-likeness (QED) is 0.746. The first kappa shape index (κ1) is 21.4. The maximum absolute atomic E-state index is 11.9. The summed E-state index contributed by atoms with van der Waals surface area (Å²) < 4.78 is 10.4. The molecule has 0 unspecified atom stereocenters. The van der Waals surface area contributed by atoms with Gasteiger partial charge in [-0.2, -0.15) is 0 Å². The lowest BCUT2D eigenvalue weighted by Gasteiger charge is -2.39. The second-order valence-corrected chi connectivity index (χ2v) is 7.30. The zero-order chi connectivity index (χ0) is 19.8. The van der Waals surface area contributed by atoms with Crippen LogP contribution in [0, 0.1) is 13.8 Å². The van der Waals surface area contributed by atoms with Crippen LogP contribution in [0.1, 0.15) is 30.9 Å². The number of nitrogens with zero attached hydrogens (tertiary/aromatic N) is 2. The van der Waals surface area contributed by atoms with Crippen molar-refractivity contribution in [2.24, 2.45) is 0 Å². The van der Waals surface area contributed by atoms with Gasteiger partial charge in [-0.3, -0.25) is 0 Å². The van der Waals surface area contributed by atoms with E-state index in [1.807, 2.05) is 6.92 Å². The molecule has 0 aromatic heterocycles. The number of piperidine rings is 1. The molecule has 1 fully saturated rings. The Morgan fingerprint density at radius 2 is 1.89 bits per heavy atom. The molecule has 0 atom stereocenters. The van der Waals surface area contributed by atoms with Crippen molar-refractivity contribution in [3.05, 3.63) is 29.3 Å². The molecule has 1 aromatic rings. The fourth-order valence-corrected chi connectivity index (χ4v) is 3.81. The molecule has 0 spiro atoms. The number of hydrogen-bond donors (Lipinski definition) is 1. The zero-order valence-corrected chi connectivity index (χ0v) is 17.6. The fourth-order valence-electron chi connectivity index (χ4n) is 3.46. The molecule has 6 nitrogen and oxygen atoms in total. The summed E-state index contributed by atoms with van der Waals surface area (Å²) in [4.78, 5) is 15.9. The Bertz CT molecular complexity index is 625. The van der Waals surface area contributed by atoms with E-state index < -0.39 is 0 Å². The molecule has 0 radical (unpaired) electrons.